The van der Waals surface area contributed by atoms with Crippen LogP contribution in [0.5, 0.6) is 5.88 Å². The summed E-state index contributed by atoms with van der Waals surface area (Å²) in [5.74, 6) is -3.39. The lowest BCUT2D eigenvalue weighted by atomic mass is 10.2. The Morgan fingerprint density at radius 3 is 2.38 bits per heavy atom. The van der Waals surface area contributed by atoms with Crippen molar-refractivity contribution >= 4 is 54.6 Å². The maximum atomic E-state index is 14.0. The number of carbonyl (C=O) groups is 2. The van der Waals surface area contributed by atoms with Gasteiger partial charge in [0.25, 0.3) is 10.1 Å². The van der Waals surface area contributed by atoms with Crippen LogP contribution in [0.3, 0.4) is 0 Å². The highest BCUT2D eigenvalue weighted by atomic mass is 79.9. The van der Waals surface area contributed by atoms with Gasteiger partial charge in [0.15, 0.2) is 5.56 Å². The summed E-state index contributed by atoms with van der Waals surface area (Å²) in [5.41, 5.74) is -0.740. The van der Waals surface area contributed by atoms with Gasteiger partial charge in [-0.15, -0.1) is 0 Å². The number of halogens is 3. The van der Waals surface area contributed by atoms with Crippen LogP contribution < -0.4 is 15.4 Å². The van der Waals surface area contributed by atoms with Crippen molar-refractivity contribution in [2.75, 3.05) is 37.8 Å². The number of amides is 2. The molecule has 37 heavy (non-hydrogen) atoms. The monoisotopic (exact) mass is 628 g/mol. The van der Waals surface area contributed by atoms with E-state index in [1.165, 1.54) is 12.8 Å². The minimum Gasteiger partial charge on any atom is -0.477 e. The predicted octanol–water partition coefficient (Wildman–Crippen LogP) is 3.96. The second-order valence-corrected chi connectivity index (χ2v) is 11.2. The van der Waals surface area contributed by atoms with Crippen LogP contribution in [0.4, 0.5) is 18.6 Å². The topological polar surface area (TPSA) is 158 Å². The summed E-state index contributed by atoms with van der Waals surface area (Å²) in [6.45, 7) is 3.15. The number of aromatic nitrogens is 1. The summed E-state index contributed by atoms with van der Waals surface area (Å²) in [6.07, 6.45) is 4.95. The summed E-state index contributed by atoms with van der Waals surface area (Å²) < 4.78 is 63.1. The van der Waals surface area contributed by atoms with Gasteiger partial charge < -0.3 is 20.1 Å². The average Bonchev–Trinajstić information content (AvgIpc) is 3.41. The first-order valence-corrected chi connectivity index (χ1v) is 14.5. The van der Waals surface area contributed by atoms with Crippen LogP contribution in [0.1, 0.15) is 41.6 Å². The third-order valence-electron chi connectivity index (χ3n) is 4.95. The molecule has 0 radical (unpaired) electrons. The maximum absolute atomic E-state index is 14.0. The Morgan fingerprint density at radius 2 is 1.81 bits per heavy atom. The molecule has 3 rings (SSSR count). The summed E-state index contributed by atoms with van der Waals surface area (Å²) >= 11 is 3.69. The Labute approximate surface area is 225 Å². The Balaban J connectivity index is 0.000000877. The molecule has 1 aliphatic heterocycles. The van der Waals surface area contributed by atoms with E-state index in [0.29, 0.717) is 24.3 Å². The van der Waals surface area contributed by atoms with Gasteiger partial charge in [0.2, 0.25) is 5.88 Å². The van der Waals surface area contributed by atoms with E-state index in [1.807, 2.05) is 0 Å². The number of benzene rings is 1. The van der Waals surface area contributed by atoms with Crippen LogP contribution in [0.2, 0.25) is 0 Å². The maximum Gasteiger partial charge on any atom is 0.344 e. The highest BCUT2D eigenvalue weighted by Crippen LogP contribution is 2.31. The van der Waals surface area contributed by atoms with E-state index in [2.05, 4.69) is 35.8 Å². The number of carbonyl (C=O) groups excluding carboxylic acids is 1. The predicted molar refractivity (Wildman–Crippen MR) is 137 cm³/mol. The standard InChI is InChI=1S/C20H23BrF2N4O4S.CH4O3S/c21-12-9-14(22)13(15(23)10-12)11-31-17-16(19(28)29)18(32-26-17)25-20(30)24-5-1-2-6-27-7-3-4-8-27;1-5(2,3)4/h9-10H,1-8,11H2,(H,28,29)(H2,24,25,30);1H3,(H,2,3,4). The van der Waals surface area contributed by atoms with Gasteiger partial charge in [0.1, 0.15) is 23.2 Å². The number of carboxylic acids is 1. The first-order chi connectivity index (χ1) is 17.3. The second-order valence-electron chi connectivity index (χ2n) is 8.00. The van der Waals surface area contributed by atoms with Gasteiger partial charge in [-0.25, -0.2) is 18.4 Å². The largest absolute Gasteiger partial charge is 0.477 e. The van der Waals surface area contributed by atoms with Crippen molar-refractivity contribution in [1.82, 2.24) is 14.6 Å². The van der Waals surface area contributed by atoms with E-state index < -0.39 is 40.4 Å². The number of rotatable bonds is 10. The van der Waals surface area contributed by atoms with Crippen molar-refractivity contribution in [2.45, 2.75) is 32.3 Å². The van der Waals surface area contributed by atoms with Gasteiger partial charge in [0.05, 0.1) is 11.8 Å². The molecule has 1 fully saturated rings. The fraction of sp³-hybridized carbons (Fsp3) is 0.476. The smallest absolute Gasteiger partial charge is 0.344 e. The summed E-state index contributed by atoms with van der Waals surface area (Å²) in [7, 11) is -3.67. The molecule has 2 heterocycles. The molecule has 0 bridgehead atoms. The molecular formula is C21H27BrF2N4O7S2. The van der Waals surface area contributed by atoms with Gasteiger partial charge >= 0.3 is 12.0 Å². The van der Waals surface area contributed by atoms with Crippen LogP contribution in [0.15, 0.2) is 16.6 Å². The van der Waals surface area contributed by atoms with Crippen molar-refractivity contribution < 1.29 is 41.2 Å². The highest BCUT2D eigenvalue weighted by Gasteiger charge is 2.24. The second kappa shape index (κ2) is 14.5. The molecule has 11 nitrogen and oxygen atoms in total. The highest BCUT2D eigenvalue weighted by molar-refractivity contribution is 9.10. The minimum absolute atomic E-state index is 0.0289. The van der Waals surface area contributed by atoms with Crippen LogP contribution in [0.25, 0.3) is 0 Å². The van der Waals surface area contributed by atoms with Gasteiger partial charge in [-0.05, 0) is 69.0 Å². The zero-order valence-corrected chi connectivity index (χ0v) is 23.0. The van der Waals surface area contributed by atoms with E-state index >= 15 is 0 Å². The molecule has 2 amide bonds. The SMILES string of the molecule is CS(=O)(=O)O.O=C(NCCCCN1CCCC1)Nc1snc(OCc2c(F)cc(Br)cc2F)c1C(=O)O. The number of carboxylic acid groups (broad SMARTS) is 1. The first kappa shape index (κ1) is 30.8. The zero-order chi connectivity index (χ0) is 27.6. The number of unbranched alkanes of at least 4 members (excludes halogenated alkanes) is 1. The number of hydrogen-bond donors (Lipinski definition) is 4. The zero-order valence-electron chi connectivity index (χ0n) is 19.8. The Bertz CT molecular complexity index is 1160. The lowest BCUT2D eigenvalue weighted by molar-refractivity contribution is 0.0693. The molecule has 1 aromatic heterocycles. The molecule has 1 aliphatic rings. The molecule has 0 unspecified atom stereocenters. The van der Waals surface area contributed by atoms with E-state index in [9.17, 15) is 31.9 Å². The normalized spacial score (nSPS) is 13.5. The molecule has 2 aromatic rings. The lowest BCUT2D eigenvalue weighted by Crippen LogP contribution is -2.30. The van der Waals surface area contributed by atoms with Crippen molar-refractivity contribution in [3.8, 4) is 5.88 Å². The number of likely N-dealkylation sites (tertiary alicyclic amines) is 1. The third kappa shape index (κ3) is 11.3. The number of aromatic carboxylic acids is 1. The lowest BCUT2D eigenvalue weighted by Gasteiger charge is -2.14. The molecule has 4 N–H and O–H groups in total. The minimum atomic E-state index is -3.67. The number of nitrogens with zero attached hydrogens (tertiary/aromatic N) is 2. The van der Waals surface area contributed by atoms with Gasteiger partial charge in [-0.2, -0.15) is 12.8 Å². The molecule has 1 aromatic carbocycles. The van der Waals surface area contributed by atoms with Gasteiger partial charge in [0, 0.05) is 11.0 Å². The van der Waals surface area contributed by atoms with Crippen LogP contribution in [-0.4, -0.2) is 71.8 Å². The van der Waals surface area contributed by atoms with E-state index in [1.54, 1.807) is 0 Å². The number of ether oxygens (including phenoxy) is 1. The van der Waals surface area contributed by atoms with Crippen molar-refractivity contribution in [3.05, 3.63) is 39.4 Å². The van der Waals surface area contributed by atoms with E-state index in [-0.39, 0.29) is 26.5 Å². The molecule has 16 heteroatoms. The summed E-state index contributed by atoms with van der Waals surface area (Å²) in [5, 5.41) is 14.6. The first-order valence-electron chi connectivity index (χ1n) is 11.0. The van der Waals surface area contributed by atoms with Crippen LogP contribution >= 0.6 is 27.5 Å². The molecule has 1 saturated heterocycles. The number of hydrogen-bond acceptors (Lipinski definition) is 8. The number of urea groups is 1. The Kier molecular flexibility index (Phi) is 12.1. The third-order valence-corrected chi connectivity index (χ3v) is 6.15. The average molecular weight is 630 g/mol. The molecule has 0 atom stereocenters. The Hall–Kier alpha value is -2.40. The molecule has 0 spiro atoms. The van der Waals surface area contributed by atoms with E-state index in [0.717, 1.165) is 44.6 Å². The number of anilines is 1. The fourth-order valence-electron chi connectivity index (χ4n) is 3.31. The fourth-order valence-corrected chi connectivity index (χ4v) is 4.44. The van der Waals surface area contributed by atoms with Gasteiger partial charge in [-0.1, -0.05) is 15.9 Å². The molecule has 0 saturated carbocycles. The van der Waals surface area contributed by atoms with E-state index in [4.69, 9.17) is 9.29 Å². The molecular weight excluding hydrogens is 602 g/mol. The van der Waals surface area contributed by atoms with Crippen molar-refractivity contribution in [3.63, 3.8) is 0 Å². The van der Waals surface area contributed by atoms with Crippen LogP contribution in [0, 0.1) is 11.6 Å². The molecule has 0 aliphatic carbocycles. The van der Waals surface area contributed by atoms with Crippen LogP contribution in [-0.2, 0) is 16.7 Å². The number of nitrogens with one attached hydrogen (secondary N) is 2. The summed E-state index contributed by atoms with van der Waals surface area (Å²) in [4.78, 5) is 26.2. The van der Waals surface area contributed by atoms with Crippen molar-refractivity contribution in [1.29, 1.82) is 0 Å². The quantitative estimate of drug-likeness (QED) is 0.226. The van der Waals surface area contributed by atoms with Crippen molar-refractivity contribution in [2.24, 2.45) is 0 Å². The summed E-state index contributed by atoms with van der Waals surface area (Å²) in [6, 6.07) is 1.58. The van der Waals surface area contributed by atoms with Gasteiger partial charge in [-0.3, -0.25) is 9.87 Å². The molecule has 206 valence electrons. The Morgan fingerprint density at radius 1 is 1.22 bits per heavy atom.